The van der Waals surface area contributed by atoms with Crippen molar-refractivity contribution in [1.29, 1.82) is 5.26 Å². The van der Waals surface area contributed by atoms with Crippen molar-refractivity contribution in [1.82, 2.24) is 15.1 Å². The first kappa shape index (κ1) is 19.3. The van der Waals surface area contributed by atoms with Crippen LogP contribution in [-0.4, -0.2) is 15.7 Å². The number of nitrogens with one attached hydrogen (secondary N) is 1. The molecular formula is C18H20Cl2N4O. The molecule has 1 N–H and O–H groups in total. The van der Waals surface area contributed by atoms with Crippen molar-refractivity contribution in [2.75, 3.05) is 0 Å². The molecule has 0 aliphatic rings. The van der Waals surface area contributed by atoms with Gasteiger partial charge < -0.3 is 5.32 Å². The monoisotopic (exact) mass is 378 g/mol. The smallest absolute Gasteiger partial charge is 0.220 e. The van der Waals surface area contributed by atoms with Gasteiger partial charge in [-0.25, -0.2) is 0 Å². The molecule has 0 aliphatic heterocycles. The summed E-state index contributed by atoms with van der Waals surface area (Å²) in [6.07, 6.45) is 1.41. The number of nitrogens with zero attached hydrogens (tertiary/aromatic N) is 3. The zero-order valence-corrected chi connectivity index (χ0v) is 15.8. The van der Waals surface area contributed by atoms with Gasteiger partial charge in [0.05, 0.1) is 24.7 Å². The molecule has 1 amide bonds. The molecule has 25 heavy (non-hydrogen) atoms. The van der Waals surface area contributed by atoms with E-state index in [9.17, 15) is 4.79 Å². The molecule has 5 nitrogen and oxygen atoms in total. The Kier molecular flexibility index (Phi) is 6.86. The fourth-order valence-electron chi connectivity index (χ4n) is 2.66. The van der Waals surface area contributed by atoms with E-state index >= 15 is 0 Å². The van der Waals surface area contributed by atoms with E-state index in [0.717, 1.165) is 22.5 Å². The summed E-state index contributed by atoms with van der Waals surface area (Å²) in [4.78, 5) is 12.1. The van der Waals surface area contributed by atoms with Gasteiger partial charge in [-0.3, -0.25) is 9.48 Å². The Balaban J connectivity index is 1.90. The van der Waals surface area contributed by atoms with Crippen molar-refractivity contribution in [3.63, 3.8) is 0 Å². The summed E-state index contributed by atoms with van der Waals surface area (Å²) in [5, 5.41) is 17.1. The van der Waals surface area contributed by atoms with E-state index in [-0.39, 0.29) is 5.91 Å². The number of carbonyl (C=O) groups excluding carboxylic acids is 1. The summed E-state index contributed by atoms with van der Waals surface area (Å²) in [6.45, 7) is 4.84. The molecule has 0 saturated carbocycles. The number of aromatic nitrogens is 2. The molecule has 0 unspecified atom stereocenters. The van der Waals surface area contributed by atoms with Crippen molar-refractivity contribution in [3.8, 4) is 6.07 Å². The number of halogens is 2. The molecule has 0 spiro atoms. The minimum Gasteiger partial charge on any atom is -0.352 e. The second-order valence-electron chi connectivity index (χ2n) is 5.79. The van der Waals surface area contributed by atoms with E-state index in [1.807, 2.05) is 18.5 Å². The van der Waals surface area contributed by atoms with Crippen molar-refractivity contribution in [3.05, 3.63) is 50.8 Å². The number of aryl methyl sites for hydroxylation is 2. The van der Waals surface area contributed by atoms with Gasteiger partial charge in [0.2, 0.25) is 5.91 Å². The number of hydrogen-bond donors (Lipinski definition) is 1. The molecule has 0 atom stereocenters. The van der Waals surface area contributed by atoms with Crippen LogP contribution in [-0.2, 0) is 24.3 Å². The summed E-state index contributed by atoms with van der Waals surface area (Å²) in [5.41, 5.74) is 3.82. The standard InChI is InChI=1S/C18H20Cl2N4O/c1-12-16(13(2)24(23-12)9-3-8-21)6-7-18(25)22-11-14-4-5-15(19)10-17(14)20/h4-5,10H,3,6-7,9,11H2,1-2H3,(H,22,25). The van der Waals surface area contributed by atoms with Gasteiger partial charge in [0, 0.05) is 28.7 Å². The summed E-state index contributed by atoms with van der Waals surface area (Å²) >= 11 is 12.0. The Hall–Kier alpha value is -2.03. The average molecular weight is 379 g/mol. The Bertz CT molecular complexity index is 808. The minimum absolute atomic E-state index is 0.0467. The van der Waals surface area contributed by atoms with Gasteiger partial charge >= 0.3 is 0 Å². The maximum atomic E-state index is 12.1. The van der Waals surface area contributed by atoms with Gasteiger partial charge in [-0.05, 0) is 43.5 Å². The molecule has 132 valence electrons. The first-order valence-electron chi connectivity index (χ1n) is 8.02. The molecule has 1 heterocycles. The SMILES string of the molecule is Cc1nn(CCC#N)c(C)c1CCC(=O)NCc1ccc(Cl)cc1Cl. The predicted octanol–water partition coefficient (Wildman–Crippen LogP) is 3.97. The normalized spacial score (nSPS) is 10.5. The number of hydrogen-bond acceptors (Lipinski definition) is 3. The van der Waals surface area contributed by atoms with Crippen LogP contribution in [0.4, 0.5) is 0 Å². The van der Waals surface area contributed by atoms with Gasteiger partial charge in [0.15, 0.2) is 0 Å². The zero-order chi connectivity index (χ0) is 18.4. The predicted molar refractivity (Wildman–Crippen MR) is 98.6 cm³/mol. The lowest BCUT2D eigenvalue weighted by Gasteiger charge is -2.08. The third-order valence-corrected chi connectivity index (χ3v) is 4.65. The summed E-state index contributed by atoms with van der Waals surface area (Å²) in [7, 11) is 0. The van der Waals surface area contributed by atoms with Crippen molar-refractivity contribution < 1.29 is 4.79 Å². The van der Waals surface area contributed by atoms with Crippen LogP contribution in [0.3, 0.4) is 0 Å². The second kappa shape index (κ2) is 8.89. The van der Waals surface area contributed by atoms with Crippen molar-refractivity contribution in [2.24, 2.45) is 0 Å². The van der Waals surface area contributed by atoms with Crippen LogP contribution >= 0.6 is 23.2 Å². The Morgan fingerprint density at radius 2 is 2.12 bits per heavy atom. The maximum Gasteiger partial charge on any atom is 0.220 e. The van der Waals surface area contributed by atoms with Gasteiger partial charge in [-0.15, -0.1) is 0 Å². The summed E-state index contributed by atoms with van der Waals surface area (Å²) < 4.78 is 1.83. The summed E-state index contributed by atoms with van der Waals surface area (Å²) in [5.74, 6) is -0.0467. The Morgan fingerprint density at radius 1 is 1.36 bits per heavy atom. The topological polar surface area (TPSA) is 70.7 Å². The minimum atomic E-state index is -0.0467. The number of benzene rings is 1. The lowest BCUT2D eigenvalue weighted by atomic mass is 10.1. The number of nitriles is 1. The van der Waals surface area contributed by atoms with E-state index in [0.29, 0.717) is 42.4 Å². The highest BCUT2D eigenvalue weighted by Crippen LogP contribution is 2.21. The van der Waals surface area contributed by atoms with E-state index in [1.54, 1.807) is 18.2 Å². The highest BCUT2D eigenvalue weighted by atomic mass is 35.5. The Morgan fingerprint density at radius 3 is 2.80 bits per heavy atom. The van der Waals surface area contributed by atoms with E-state index in [4.69, 9.17) is 28.5 Å². The largest absolute Gasteiger partial charge is 0.352 e. The quantitative estimate of drug-likeness (QED) is 0.791. The lowest BCUT2D eigenvalue weighted by molar-refractivity contribution is -0.121. The molecule has 0 saturated heterocycles. The molecule has 1 aromatic heterocycles. The number of carbonyl (C=O) groups is 1. The molecule has 7 heteroatoms. The molecule has 0 radical (unpaired) electrons. The molecule has 1 aromatic carbocycles. The third-order valence-electron chi connectivity index (χ3n) is 4.06. The fourth-order valence-corrected chi connectivity index (χ4v) is 3.13. The molecule has 2 rings (SSSR count). The maximum absolute atomic E-state index is 12.1. The van der Waals surface area contributed by atoms with Crippen LogP contribution in [0, 0.1) is 25.2 Å². The van der Waals surface area contributed by atoms with E-state index in [1.165, 1.54) is 0 Å². The van der Waals surface area contributed by atoms with Crippen LogP contribution in [0.25, 0.3) is 0 Å². The lowest BCUT2D eigenvalue weighted by Crippen LogP contribution is -2.23. The van der Waals surface area contributed by atoms with Crippen LogP contribution in [0.5, 0.6) is 0 Å². The number of amides is 1. The highest BCUT2D eigenvalue weighted by Gasteiger charge is 2.13. The molecule has 0 bridgehead atoms. The second-order valence-corrected chi connectivity index (χ2v) is 6.64. The van der Waals surface area contributed by atoms with Gasteiger partial charge in [0.1, 0.15) is 0 Å². The average Bonchev–Trinajstić information content (AvgIpc) is 2.84. The molecule has 0 aliphatic carbocycles. The fraction of sp³-hybridized carbons (Fsp3) is 0.389. The van der Waals surface area contributed by atoms with Crippen LogP contribution in [0.2, 0.25) is 10.0 Å². The van der Waals surface area contributed by atoms with E-state index < -0.39 is 0 Å². The molecule has 0 fully saturated rings. The van der Waals surface area contributed by atoms with E-state index in [2.05, 4.69) is 16.5 Å². The molecular weight excluding hydrogens is 359 g/mol. The van der Waals surface area contributed by atoms with Crippen LogP contribution in [0.15, 0.2) is 18.2 Å². The van der Waals surface area contributed by atoms with Gasteiger partial charge in [-0.2, -0.15) is 10.4 Å². The molecule has 2 aromatic rings. The number of rotatable bonds is 7. The Labute approximate surface area is 157 Å². The first-order valence-corrected chi connectivity index (χ1v) is 8.78. The van der Waals surface area contributed by atoms with Gasteiger partial charge in [-0.1, -0.05) is 29.3 Å². The van der Waals surface area contributed by atoms with Crippen LogP contribution < -0.4 is 5.32 Å². The third kappa shape index (κ3) is 5.22. The summed E-state index contributed by atoms with van der Waals surface area (Å²) in [6, 6.07) is 7.33. The van der Waals surface area contributed by atoms with Crippen molar-refractivity contribution >= 4 is 29.1 Å². The van der Waals surface area contributed by atoms with Crippen LogP contribution in [0.1, 0.15) is 35.4 Å². The highest BCUT2D eigenvalue weighted by molar-refractivity contribution is 6.35. The van der Waals surface area contributed by atoms with Gasteiger partial charge in [0.25, 0.3) is 0 Å². The van der Waals surface area contributed by atoms with Crippen molar-refractivity contribution in [2.45, 2.75) is 46.2 Å². The zero-order valence-electron chi connectivity index (χ0n) is 14.3. The first-order chi connectivity index (χ1) is 11.9.